The lowest BCUT2D eigenvalue weighted by atomic mass is 9.88. The Bertz CT molecular complexity index is 812. The first-order valence-electron chi connectivity index (χ1n) is 8.48. The van der Waals surface area contributed by atoms with Gasteiger partial charge in [-0.2, -0.15) is 9.78 Å². The molecule has 0 fully saturated rings. The molecule has 2 atom stereocenters. The van der Waals surface area contributed by atoms with E-state index in [1.54, 1.807) is 0 Å². The molecule has 0 bridgehead atoms. The van der Waals surface area contributed by atoms with Gasteiger partial charge in [-0.15, -0.1) is 0 Å². The van der Waals surface area contributed by atoms with Crippen LogP contribution in [0, 0.1) is 6.92 Å². The van der Waals surface area contributed by atoms with E-state index in [9.17, 15) is 9.90 Å². The number of carbonyl (C=O) groups is 1. The van der Waals surface area contributed by atoms with Gasteiger partial charge in [-0.1, -0.05) is 18.2 Å². The molecule has 1 aromatic carbocycles. The highest BCUT2D eigenvalue weighted by Crippen LogP contribution is 2.36. The Hall–Kier alpha value is -2.34. The van der Waals surface area contributed by atoms with Crippen LogP contribution in [0.15, 0.2) is 18.2 Å². The van der Waals surface area contributed by atoms with Crippen molar-refractivity contribution in [1.82, 2.24) is 9.78 Å². The number of hydrogen-bond donors (Lipinski definition) is 3. The molecule has 2 aliphatic rings. The summed E-state index contributed by atoms with van der Waals surface area (Å²) >= 11 is 0. The number of aromatic nitrogens is 2. The molecule has 6 nitrogen and oxygen atoms in total. The lowest BCUT2D eigenvalue weighted by Gasteiger charge is -2.27. The molecular weight excluding hydrogens is 304 g/mol. The zero-order valence-electron chi connectivity index (χ0n) is 13.7. The number of aryl methyl sites for hydroxylation is 1. The molecule has 4 N–H and O–H groups in total. The topological polar surface area (TPSA) is 93.2 Å². The van der Waals surface area contributed by atoms with Gasteiger partial charge in [-0.25, -0.2) is 0 Å². The van der Waals surface area contributed by atoms with Gasteiger partial charge in [0, 0.05) is 24.2 Å². The summed E-state index contributed by atoms with van der Waals surface area (Å²) in [5, 5.41) is 17.6. The summed E-state index contributed by atoms with van der Waals surface area (Å²) in [5.74, 6) is 0.120. The summed E-state index contributed by atoms with van der Waals surface area (Å²) < 4.78 is 1.37. The van der Waals surface area contributed by atoms with Crippen molar-refractivity contribution >= 4 is 17.4 Å². The van der Waals surface area contributed by atoms with Gasteiger partial charge in [0.05, 0.1) is 17.7 Å². The summed E-state index contributed by atoms with van der Waals surface area (Å²) in [7, 11) is 0. The smallest absolute Gasteiger partial charge is 0.256 e. The van der Waals surface area contributed by atoms with Crippen LogP contribution in [-0.4, -0.2) is 33.4 Å². The summed E-state index contributed by atoms with van der Waals surface area (Å²) in [6.45, 7) is 2.80. The zero-order chi connectivity index (χ0) is 16.8. The van der Waals surface area contributed by atoms with Crippen LogP contribution in [0.5, 0.6) is 0 Å². The highest BCUT2D eigenvalue weighted by atomic mass is 16.3. The van der Waals surface area contributed by atoms with Crippen molar-refractivity contribution in [3.05, 3.63) is 40.6 Å². The fourth-order valence-electron chi connectivity index (χ4n) is 3.87. The van der Waals surface area contributed by atoms with Crippen molar-refractivity contribution in [2.45, 2.75) is 44.6 Å². The summed E-state index contributed by atoms with van der Waals surface area (Å²) in [4.78, 5) is 13.1. The van der Waals surface area contributed by atoms with Crippen LogP contribution in [-0.2, 0) is 12.8 Å². The molecule has 4 rings (SSSR count). The summed E-state index contributed by atoms with van der Waals surface area (Å²) in [6.07, 6.45) is 2.16. The van der Waals surface area contributed by atoms with Crippen molar-refractivity contribution in [1.29, 1.82) is 0 Å². The average Bonchev–Trinajstić information content (AvgIpc) is 2.90. The number of fused-ring (bicyclic) bond motifs is 2. The maximum atomic E-state index is 13.1. The van der Waals surface area contributed by atoms with E-state index in [1.807, 2.05) is 25.1 Å². The van der Waals surface area contributed by atoms with Crippen LogP contribution in [0.2, 0.25) is 0 Å². The number of nitrogen functional groups attached to an aromatic ring is 1. The maximum Gasteiger partial charge on any atom is 0.256 e. The fraction of sp³-hybridized carbons (Fsp3) is 0.444. The molecule has 24 heavy (non-hydrogen) atoms. The van der Waals surface area contributed by atoms with E-state index >= 15 is 0 Å². The number of hydrogen-bond acceptors (Lipinski definition) is 5. The maximum absolute atomic E-state index is 13.1. The third-order valence-corrected chi connectivity index (χ3v) is 5.19. The lowest BCUT2D eigenvalue weighted by Crippen LogP contribution is -2.28. The van der Waals surface area contributed by atoms with Crippen LogP contribution in [0.3, 0.4) is 0 Å². The van der Waals surface area contributed by atoms with Crippen molar-refractivity contribution in [3.8, 4) is 0 Å². The number of benzene rings is 1. The predicted octanol–water partition coefficient (Wildman–Crippen LogP) is 1.86. The van der Waals surface area contributed by atoms with Crippen molar-refractivity contribution in [3.63, 3.8) is 0 Å². The second-order valence-corrected chi connectivity index (χ2v) is 6.76. The standard InChI is InChI=1S/C18H22N4O2/c1-10-3-2-4-12-13(7-8-20-16(10)12)18(24)22-17(19)14-6-5-11(23)9-15(14)21-22/h2-4,11,13,20,23H,5-9,19H2,1H3/t11-,13-/m1/s1. The first kappa shape index (κ1) is 15.2. The van der Waals surface area contributed by atoms with Crippen LogP contribution >= 0.6 is 0 Å². The minimum Gasteiger partial charge on any atom is -0.393 e. The predicted molar refractivity (Wildman–Crippen MR) is 92.3 cm³/mol. The van der Waals surface area contributed by atoms with Crippen molar-refractivity contribution in [2.24, 2.45) is 0 Å². The summed E-state index contributed by atoms with van der Waals surface area (Å²) in [5.41, 5.74) is 11.1. The minimum absolute atomic E-state index is 0.0789. The molecule has 126 valence electrons. The minimum atomic E-state index is -0.391. The highest BCUT2D eigenvalue weighted by Gasteiger charge is 2.32. The van der Waals surface area contributed by atoms with E-state index in [2.05, 4.69) is 10.4 Å². The number of anilines is 2. The molecule has 0 unspecified atom stereocenters. The largest absolute Gasteiger partial charge is 0.393 e. The van der Waals surface area contributed by atoms with Gasteiger partial charge in [0.2, 0.25) is 0 Å². The van der Waals surface area contributed by atoms with E-state index in [4.69, 9.17) is 5.73 Å². The third-order valence-electron chi connectivity index (χ3n) is 5.19. The molecule has 1 aromatic heterocycles. The molecule has 0 saturated carbocycles. The van der Waals surface area contributed by atoms with Crippen molar-refractivity contribution in [2.75, 3.05) is 17.6 Å². The van der Waals surface area contributed by atoms with E-state index in [0.29, 0.717) is 25.1 Å². The molecule has 1 aliphatic carbocycles. The number of rotatable bonds is 1. The Morgan fingerprint density at radius 2 is 2.25 bits per heavy atom. The number of nitrogens with one attached hydrogen (secondary N) is 1. The number of aliphatic hydroxyl groups excluding tert-OH is 1. The quantitative estimate of drug-likeness (QED) is 0.744. The van der Waals surface area contributed by atoms with Gasteiger partial charge in [0.25, 0.3) is 5.91 Å². The Morgan fingerprint density at radius 1 is 1.42 bits per heavy atom. The molecule has 6 heteroatoms. The molecule has 2 aromatic rings. The number of carbonyl (C=O) groups excluding carboxylic acids is 1. The first-order valence-corrected chi connectivity index (χ1v) is 8.48. The third kappa shape index (κ3) is 2.29. The SMILES string of the molecule is Cc1cccc2c1NCC[C@H]2C(=O)n1nc2c(c1N)CC[C@@H](O)C2. The average molecular weight is 326 g/mol. The Kier molecular flexibility index (Phi) is 3.57. The number of para-hydroxylation sites is 1. The van der Waals surface area contributed by atoms with E-state index < -0.39 is 6.10 Å². The molecule has 0 amide bonds. The van der Waals surface area contributed by atoms with Crippen LogP contribution in [0.25, 0.3) is 0 Å². The van der Waals surface area contributed by atoms with E-state index in [-0.39, 0.29) is 11.8 Å². The molecule has 2 heterocycles. The normalized spacial score (nSPS) is 22.4. The fourth-order valence-corrected chi connectivity index (χ4v) is 3.87. The Labute approximate surface area is 140 Å². The second-order valence-electron chi connectivity index (χ2n) is 6.76. The van der Waals surface area contributed by atoms with Crippen LogP contribution < -0.4 is 11.1 Å². The van der Waals surface area contributed by atoms with Gasteiger partial charge in [0.15, 0.2) is 0 Å². The number of nitrogens with two attached hydrogens (primary N) is 1. The Balaban J connectivity index is 1.73. The molecular formula is C18H22N4O2. The van der Waals surface area contributed by atoms with Gasteiger partial charge in [0.1, 0.15) is 5.82 Å². The first-order chi connectivity index (χ1) is 11.6. The molecule has 0 saturated heterocycles. The van der Waals surface area contributed by atoms with Gasteiger partial charge < -0.3 is 16.2 Å². The summed E-state index contributed by atoms with van der Waals surface area (Å²) in [6, 6.07) is 6.02. The second kappa shape index (κ2) is 5.63. The monoisotopic (exact) mass is 326 g/mol. The number of nitrogens with zero attached hydrogens (tertiary/aromatic N) is 2. The zero-order valence-corrected chi connectivity index (χ0v) is 13.7. The molecule has 0 spiro atoms. The molecule has 0 radical (unpaired) electrons. The van der Waals surface area contributed by atoms with E-state index in [0.717, 1.165) is 41.0 Å². The van der Waals surface area contributed by atoms with Crippen molar-refractivity contribution < 1.29 is 9.90 Å². The number of aliphatic hydroxyl groups is 1. The van der Waals surface area contributed by atoms with Gasteiger partial charge in [-0.05, 0) is 37.3 Å². The van der Waals surface area contributed by atoms with Crippen LogP contribution in [0.4, 0.5) is 11.5 Å². The van der Waals surface area contributed by atoms with Gasteiger partial charge >= 0.3 is 0 Å². The molecule has 1 aliphatic heterocycles. The highest BCUT2D eigenvalue weighted by molar-refractivity contribution is 5.90. The van der Waals surface area contributed by atoms with Gasteiger partial charge in [-0.3, -0.25) is 4.79 Å². The lowest BCUT2D eigenvalue weighted by molar-refractivity contribution is 0.0858. The van der Waals surface area contributed by atoms with Crippen LogP contribution in [0.1, 0.15) is 45.9 Å². The van der Waals surface area contributed by atoms with E-state index in [1.165, 1.54) is 4.68 Å². The Morgan fingerprint density at radius 3 is 3.08 bits per heavy atom.